The third-order valence-corrected chi connectivity index (χ3v) is 2.32. The highest BCUT2D eigenvalue weighted by atomic mass is 79.9. The van der Waals surface area contributed by atoms with E-state index in [1.807, 2.05) is 12.1 Å². The number of halogens is 1. The highest BCUT2D eigenvalue weighted by Gasteiger charge is 1.97. The molecule has 0 aliphatic heterocycles. The van der Waals surface area contributed by atoms with Crippen LogP contribution in [0.2, 0.25) is 0 Å². The van der Waals surface area contributed by atoms with Crippen LogP contribution < -0.4 is 5.32 Å². The minimum atomic E-state index is 0.395. The molecule has 0 radical (unpaired) electrons. The molecule has 68 valence electrons. The summed E-state index contributed by atoms with van der Waals surface area (Å²) in [6.07, 6.45) is 0. The Morgan fingerprint density at radius 2 is 2.31 bits per heavy atom. The fourth-order valence-electron chi connectivity index (χ4n) is 1.08. The van der Waals surface area contributed by atoms with Crippen LogP contribution in [0.1, 0.15) is 11.1 Å². The molecule has 0 heterocycles. The molecule has 1 N–H and O–H groups in total. The Kier molecular flexibility index (Phi) is 3.94. The van der Waals surface area contributed by atoms with Crippen molar-refractivity contribution in [2.24, 2.45) is 0 Å². The lowest BCUT2D eigenvalue weighted by Gasteiger charge is -2.05. The van der Waals surface area contributed by atoms with Crippen LogP contribution in [0.3, 0.4) is 0 Å². The van der Waals surface area contributed by atoms with Crippen molar-refractivity contribution in [1.82, 2.24) is 5.32 Å². The Labute approximate surface area is 86.7 Å². The van der Waals surface area contributed by atoms with Crippen LogP contribution in [0.25, 0.3) is 0 Å². The molecule has 0 aliphatic carbocycles. The van der Waals surface area contributed by atoms with E-state index in [9.17, 15) is 0 Å². The summed E-state index contributed by atoms with van der Waals surface area (Å²) in [6, 6.07) is 8.20. The molecule has 1 aromatic rings. The average Bonchev–Trinajstić information content (AvgIpc) is 2.11. The second kappa shape index (κ2) is 5.00. The number of aryl methyl sites for hydroxylation is 1. The third kappa shape index (κ3) is 3.17. The van der Waals surface area contributed by atoms with Gasteiger partial charge in [0.05, 0.1) is 12.6 Å². The van der Waals surface area contributed by atoms with Crippen molar-refractivity contribution in [2.45, 2.75) is 13.5 Å². The van der Waals surface area contributed by atoms with Gasteiger partial charge in [0.2, 0.25) is 0 Å². The molecule has 0 spiro atoms. The maximum absolute atomic E-state index is 8.35. The fraction of sp³-hybridized carbons (Fsp3) is 0.300. The largest absolute Gasteiger partial charge is 0.300 e. The monoisotopic (exact) mass is 238 g/mol. The lowest BCUT2D eigenvalue weighted by Crippen LogP contribution is -2.13. The Balaban J connectivity index is 2.65. The van der Waals surface area contributed by atoms with Gasteiger partial charge >= 0.3 is 0 Å². The Morgan fingerprint density at radius 1 is 1.54 bits per heavy atom. The van der Waals surface area contributed by atoms with E-state index in [2.05, 4.69) is 40.3 Å². The van der Waals surface area contributed by atoms with Crippen LogP contribution in [0.4, 0.5) is 0 Å². The summed E-state index contributed by atoms with van der Waals surface area (Å²) in [7, 11) is 0. The van der Waals surface area contributed by atoms with E-state index < -0.39 is 0 Å². The Morgan fingerprint density at radius 3 is 3.00 bits per heavy atom. The van der Waals surface area contributed by atoms with Gasteiger partial charge in [-0.3, -0.25) is 0 Å². The molecule has 3 heteroatoms. The number of nitriles is 1. The summed E-state index contributed by atoms with van der Waals surface area (Å²) in [5.74, 6) is 0. The molecule has 2 nitrogen and oxygen atoms in total. The molecule has 0 saturated carbocycles. The van der Waals surface area contributed by atoms with Gasteiger partial charge in [0.15, 0.2) is 0 Å². The molecule has 0 aliphatic rings. The molecule has 0 bridgehead atoms. The van der Waals surface area contributed by atoms with Crippen molar-refractivity contribution in [3.05, 3.63) is 33.8 Å². The minimum absolute atomic E-state index is 0.395. The normalized spacial score (nSPS) is 9.62. The van der Waals surface area contributed by atoms with Crippen molar-refractivity contribution in [1.29, 1.82) is 5.26 Å². The maximum atomic E-state index is 8.35. The summed E-state index contributed by atoms with van der Waals surface area (Å²) in [5.41, 5.74) is 2.47. The lowest BCUT2D eigenvalue weighted by atomic mass is 10.1. The van der Waals surface area contributed by atoms with E-state index in [1.165, 1.54) is 11.1 Å². The van der Waals surface area contributed by atoms with Crippen LogP contribution in [-0.4, -0.2) is 6.54 Å². The quantitative estimate of drug-likeness (QED) is 0.649. The molecule has 0 amide bonds. The summed E-state index contributed by atoms with van der Waals surface area (Å²) >= 11 is 3.41. The molecule has 0 aromatic heterocycles. The summed E-state index contributed by atoms with van der Waals surface area (Å²) in [5, 5.41) is 11.4. The minimum Gasteiger partial charge on any atom is -0.300 e. The van der Waals surface area contributed by atoms with Gasteiger partial charge in [-0.25, -0.2) is 0 Å². The number of hydrogen-bond acceptors (Lipinski definition) is 2. The number of nitrogens with zero attached hydrogens (tertiary/aromatic N) is 1. The van der Waals surface area contributed by atoms with Gasteiger partial charge in [0.25, 0.3) is 0 Å². The maximum Gasteiger partial charge on any atom is 0.0843 e. The number of rotatable bonds is 3. The zero-order valence-corrected chi connectivity index (χ0v) is 9.06. The first-order valence-electron chi connectivity index (χ1n) is 4.06. The Hall–Kier alpha value is -0.850. The van der Waals surface area contributed by atoms with Gasteiger partial charge in [-0.15, -0.1) is 0 Å². The van der Waals surface area contributed by atoms with Gasteiger partial charge in [-0.05, 0) is 30.2 Å². The summed E-state index contributed by atoms with van der Waals surface area (Å²) in [4.78, 5) is 0. The fourth-order valence-corrected chi connectivity index (χ4v) is 1.49. The highest BCUT2D eigenvalue weighted by Crippen LogP contribution is 2.15. The van der Waals surface area contributed by atoms with Crippen LogP contribution in [0.5, 0.6) is 0 Å². The predicted molar refractivity (Wildman–Crippen MR) is 56.2 cm³/mol. The van der Waals surface area contributed by atoms with Crippen LogP contribution in [0, 0.1) is 18.3 Å². The SMILES string of the molecule is Cc1ccc(Br)cc1CNCC#N. The van der Waals surface area contributed by atoms with Gasteiger partial charge < -0.3 is 5.32 Å². The molecule has 1 aromatic carbocycles. The van der Waals surface area contributed by atoms with E-state index in [1.54, 1.807) is 0 Å². The third-order valence-electron chi connectivity index (χ3n) is 1.83. The smallest absolute Gasteiger partial charge is 0.0843 e. The standard InChI is InChI=1S/C10H11BrN2/c1-8-2-3-10(11)6-9(8)7-13-5-4-12/h2-3,6,13H,5,7H2,1H3. The predicted octanol–water partition coefficient (Wildman–Crippen LogP) is 2.37. The van der Waals surface area contributed by atoms with Gasteiger partial charge in [0.1, 0.15) is 0 Å². The van der Waals surface area contributed by atoms with Crippen LogP contribution in [-0.2, 0) is 6.54 Å². The summed E-state index contributed by atoms with van der Waals surface area (Å²) in [6.45, 7) is 3.21. The summed E-state index contributed by atoms with van der Waals surface area (Å²) < 4.78 is 1.08. The van der Waals surface area contributed by atoms with Crippen molar-refractivity contribution in [2.75, 3.05) is 6.54 Å². The van der Waals surface area contributed by atoms with E-state index in [0.29, 0.717) is 6.54 Å². The number of benzene rings is 1. The lowest BCUT2D eigenvalue weighted by molar-refractivity contribution is 0.761. The van der Waals surface area contributed by atoms with Gasteiger partial charge in [-0.2, -0.15) is 5.26 Å². The van der Waals surface area contributed by atoms with E-state index >= 15 is 0 Å². The topological polar surface area (TPSA) is 35.8 Å². The first kappa shape index (κ1) is 10.2. The molecule has 0 atom stereocenters. The highest BCUT2D eigenvalue weighted by molar-refractivity contribution is 9.10. The number of nitrogens with one attached hydrogen (secondary N) is 1. The zero-order valence-electron chi connectivity index (χ0n) is 7.47. The van der Waals surface area contributed by atoms with Crippen molar-refractivity contribution < 1.29 is 0 Å². The molecule has 0 fully saturated rings. The van der Waals surface area contributed by atoms with Gasteiger partial charge in [0, 0.05) is 11.0 Å². The average molecular weight is 239 g/mol. The van der Waals surface area contributed by atoms with E-state index in [4.69, 9.17) is 5.26 Å². The number of hydrogen-bond donors (Lipinski definition) is 1. The molecular weight excluding hydrogens is 228 g/mol. The van der Waals surface area contributed by atoms with E-state index in [0.717, 1.165) is 11.0 Å². The molecule has 0 unspecified atom stereocenters. The van der Waals surface area contributed by atoms with Crippen LogP contribution in [0.15, 0.2) is 22.7 Å². The van der Waals surface area contributed by atoms with Crippen LogP contribution >= 0.6 is 15.9 Å². The second-order valence-electron chi connectivity index (χ2n) is 2.83. The first-order chi connectivity index (χ1) is 6.24. The molecule has 1 rings (SSSR count). The molecule has 13 heavy (non-hydrogen) atoms. The van der Waals surface area contributed by atoms with E-state index in [-0.39, 0.29) is 0 Å². The van der Waals surface area contributed by atoms with Gasteiger partial charge in [-0.1, -0.05) is 22.0 Å². The van der Waals surface area contributed by atoms with Crippen molar-refractivity contribution >= 4 is 15.9 Å². The Bertz CT molecular complexity index is 328. The zero-order chi connectivity index (χ0) is 9.68. The second-order valence-corrected chi connectivity index (χ2v) is 3.75. The van der Waals surface area contributed by atoms with Crippen molar-refractivity contribution in [3.63, 3.8) is 0 Å². The van der Waals surface area contributed by atoms with Crippen molar-refractivity contribution in [3.8, 4) is 6.07 Å². The first-order valence-corrected chi connectivity index (χ1v) is 4.86. The molecular formula is C10H11BrN2. The molecule has 0 saturated heterocycles.